The Bertz CT molecular complexity index is 989. The lowest BCUT2D eigenvalue weighted by molar-refractivity contribution is -0.906. The Morgan fingerprint density at radius 3 is 1.33 bits per heavy atom. The lowest BCUT2D eigenvalue weighted by Gasteiger charge is -2.31. The number of rotatable bonds is 8. The molecule has 0 saturated heterocycles. The Labute approximate surface area is 223 Å². The highest BCUT2D eigenvalue weighted by Gasteiger charge is 2.21. The fourth-order valence-electron chi connectivity index (χ4n) is 3.52. The molecule has 0 atom stereocenters. The van der Waals surface area contributed by atoms with Gasteiger partial charge in [0.15, 0.2) is 0 Å². The molecule has 0 aliphatic rings. The number of nitrogens with zero attached hydrogens (tertiary/aromatic N) is 1. The first-order valence-corrected chi connectivity index (χ1v) is 13.1. The number of quaternary nitrogens is 1. The average Bonchev–Trinajstić information content (AvgIpc) is 2.84. The van der Waals surface area contributed by atoms with E-state index in [9.17, 15) is 9.59 Å². The van der Waals surface area contributed by atoms with Gasteiger partial charge in [-0.15, -0.1) is 0 Å². The van der Waals surface area contributed by atoms with Gasteiger partial charge < -0.3 is 9.59 Å². The van der Waals surface area contributed by atoms with E-state index in [-0.39, 0.29) is 7.58 Å². The summed E-state index contributed by atoms with van der Waals surface area (Å²) in [6.07, 6.45) is 0. The maximum Gasteiger partial charge on any atom is 0.223 e. The van der Waals surface area contributed by atoms with Gasteiger partial charge in [0.1, 0.15) is 6.54 Å². The molecule has 4 nitrogen and oxygen atoms in total. The molecule has 174 valence electrons. The molecule has 1 N–H and O–H groups in total. The molecule has 3 aromatic rings. The van der Waals surface area contributed by atoms with E-state index >= 15 is 0 Å². The van der Waals surface area contributed by atoms with Crippen LogP contribution in [0.3, 0.4) is 0 Å². The van der Waals surface area contributed by atoms with E-state index in [0.29, 0.717) is 17.7 Å². The van der Waals surface area contributed by atoms with Gasteiger partial charge in [-0.25, -0.2) is 0 Å². The van der Waals surface area contributed by atoms with E-state index in [1.54, 1.807) is 57.3 Å². The third kappa shape index (κ3) is 7.43. The molecule has 0 fully saturated rings. The van der Waals surface area contributed by atoms with Crippen molar-refractivity contribution < 1.29 is 19.2 Å². The molecule has 0 radical (unpaired) electrons. The zero-order chi connectivity index (χ0) is 24.4. The smallest absolute Gasteiger partial charge is 0.223 e. The zero-order valence-corrected chi connectivity index (χ0v) is 23.5. The van der Waals surface area contributed by atoms with Crippen LogP contribution in [0.4, 0.5) is 0 Å². The largest absolute Gasteiger partial charge is 0.391 e. The molecular weight excluding hydrogens is 640 g/mol. The van der Waals surface area contributed by atoms with Crippen LogP contribution in [-0.4, -0.2) is 50.5 Å². The number of aliphatic hydroxyl groups excluding tert-OH is 1. The van der Waals surface area contributed by atoms with Crippen molar-refractivity contribution >= 4 is 52.8 Å². The molecule has 0 aliphatic heterocycles. The minimum Gasteiger partial charge on any atom is -0.391 e. The topological polar surface area (TPSA) is 54.4 Å². The molecule has 0 aromatic heterocycles. The number of halogens is 2. The molecular formula is C27H30I2NO3+. The lowest BCUT2D eigenvalue weighted by atomic mass is 9.87. The summed E-state index contributed by atoms with van der Waals surface area (Å²) in [5.74, 6) is 0. The molecule has 0 unspecified atom stereocenters. The van der Waals surface area contributed by atoms with E-state index in [1.807, 2.05) is 60.7 Å². The Balaban J connectivity index is 0.000000365. The van der Waals surface area contributed by atoms with Gasteiger partial charge in [-0.1, -0.05) is 60.7 Å². The summed E-state index contributed by atoms with van der Waals surface area (Å²) in [6, 6.07) is 23.0. The number of hydrogen-bond donors (Lipinski definition) is 1. The van der Waals surface area contributed by atoms with Crippen molar-refractivity contribution in [2.75, 3.05) is 33.3 Å². The van der Waals surface area contributed by atoms with E-state index in [1.165, 1.54) is 0 Å². The van der Waals surface area contributed by atoms with Crippen LogP contribution in [0.25, 0.3) is 22.3 Å². The first-order valence-electron chi connectivity index (χ1n) is 10.9. The fourth-order valence-corrected chi connectivity index (χ4v) is 4.42. The Morgan fingerprint density at radius 1 is 0.727 bits per heavy atom. The predicted octanol–water partition coefficient (Wildman–Crippen LogP) is 6.64. The third-order valence-corrected chi connectivity index (χ3v) is 7.08. The summed E-state index contributed by atoms with van der Waals surface area (Å²) in [7, 11) is 2.16. The van der Waals surface area contributed by atoms with Crippen molar-refractivity contribution in [3.63, 3.8) is 0 Å². The van der Waals surface area contributed by atoms with E-state index in [2.05, 4.69) is 20.9 Å². The summed E-state index contributed by atoms with van der Waals surface area (Å²) in [6.45, 7) is 7.71. The summed E-state index contributed by atoms with van der Waals surface area (Å²) in [4.78, 5) is 24.4. The van der Waals surface area contributed by atoms with Gasteiger partial charge in [-0.05, 0) is 37.1 Å². The molecule has 0 spiro atoms. The highest BCUT2D eigenvalue weighted by Crippen LogP contribution is 2.39. The quantitative estimate of drug-likeness (QED) is 0.166. The van der Waals surface area contributed by atoms with Gasteiger partial charge in [-0.2, -0.15) is 0 Å². The number of aliphatic hydroxyl groups is 1. The van der Waals surface area contributed by atoms with Crippen molar-refractivity contribution in [1.82, 2.24) is 0 Å². The normalized spacial score (nSPS) is 10.8. The van der Waals surface area contributed by atoms with Crippen LogP contribution >= 0.6 is 45.2 Å². The first-order chi connectivity index (χ1) is 15.8. The second-order valence-corrected chi connectivity index (χ2v) is 9.85. The van der Waals surface area contributed by atoms with Crippen molar-refractivity contribution in [3.8, 4) is 22.3 Å². The van der Waals surface area contributed by atoms with E-state index < -0.39 is 0 Å². The van der Waals surface area contributed by atoms with Crippen molar-refractivity contribution in [3.05, 3.63) is 83.9 Å². The van der Waals surface area contributed by atoms with Crippen LogP contribution in [0.15, 0.2) is 72.8 Å². The van der Waals surface area contributed by atoms with E-state index in [4.69, 9.17) is 5.11 Å². The molecule has 3 aromatic carbocycles. The van der Waals surface area contributed by atoms with Crippen LogP contribution in [-0.2, 0) is 0 Å². The zero-order valence-electron chi connectivity index (χ0n) is 19.2. The van der Waals surface area contributed by atoms with Crippen LogP contribution in [0.5, 0.6) is 0 Å². The number of benzene rings is 3. The molecule has 6 heteroatoms. The van der Waals surface area contributed by atoms with Gasteiger partial charge in [0.2, 0.25) is 7.58 Å². The summed E-state index contributed by atoms with van der Waals surface area (Å²) in [5.41, 5.74) is 4.70. The van der Waals surface area contributed by atoms with Crippen molar-refractivity contribution in [2.45, 2.75) is 13.8 Å². The molecule has 0 bridgehead atoms. The Hall–Kier alpha value is -1.62. The number of likely N-dealkylation sites (N-methyl/N-ethyl adjacent to an activating group) is 1. The van der Waals surface area contributed by atoms with E-state index in [0.717, 1.165) is 46.4 Å². The Kier molecular flexibility index (Phi) is 11.1. The van der Waals surface area contributed by atoms with Crippen LogP contribution in [0, 0.1) is 0 Å². The van der Waals surface area contributed by atoms with Crippen molar-refractivity contribution in [1.29, 1.82) is 0 Å². The fraction of sp³-hybridized carbons (Fsp3) is 0.259. The molecule has 3 rings (SSSR count). The predicted molar refractivity (Wildman–Crippen MR) is 153 cm³/mol. The molecule has 0 amide bonds. The Morgan fingerprint density at radius 2 is 1.09 bits per heavy atom. The number of carbonyl (C=O) groups excluding carboxylic acids is 2. The average molecular weight is 670 g/mol. The van der Waals surface area contributed by atoms with Crippen LogP contribution < -0.4 is 0 Å². The lowest BCUT2D eigenvalue weighted by Crippen LogP contribution is -2.45. The van der Waals surface area contributed by atoms with Gasteiger partial charge in [0.05, 0.1) is 26.7 Å². The highest BCUT2D eigenvalue weighted by atomic mass is 127. The SMILES string of the molecule is CC[N+](C)(CC)CCO.O=C(I)c1ccc(C(=O)I)c(-c2ccccc2)c1-c1ccccc1. The maximum absolute atomic E-state index is 12.2. The molecule has 0 aliphatic carbocycles. The molecule has 33 heavy (non-hydrogen) atoms. The minimum absolute atomic E-state index is 0.0453. The van der Waals surface area contributed by atoms with Gasteiger partial charge in [0.25, 0.3) is 0 Å². The number of carbonyl (C=O) groups is 2. The van der Waals surface area contributed by atoms with Gasteiger partial charge in [-0.3, -0.25) is 9.59 Å². The minimum atomic E-state index is -0.0453. The standard InChI is InChI=1S/C20H12I2O2.C7H18NO/c21-19(23)15-11-12-16(20(22)24)18(14-9-5-2-6-10-14)17(15)13-7-3-1-4-8-13;1-4-8(3,5-2)6-7-9/h1-12H;9H,4-7H2,1-3H3/q;+1. The molecule has 0 heterocycles. The highest BCUT2D eigenvalue weighted by molar-refractivity contribution is 14.1. The summed E-state index contributed by atoms with van der Waals surface area (Å²) in [5, 5.41) is 8.65. The van der Waals surface area contributed by atoms with Crippen LogP contribution in [0.1, 0.15) is 34.6 Å². The summed E-state index contributed by atoms with van der Waals surface area (Å²) >= 11 is 3.60. The first kappa shape index (κ1) is 27.6. The monoisotopic (exact) mass is 670 g/mol. The maximum atomic E-state index is 12.2. The van der Waals surface area contributed by atoms with Gasteiger partial charge in [0, 0.05) is 67.4 Å². The summed E-state index contributed by atoms with van der Waals surface area (Å²) < 4.78 is 0.892. The molecule has 0 saturated carbocycles. The second kappa shape index (κ2) is 13.3. The van der Waals surface area contributed by atoms with Crippen molar-refractivity contribution in [2.24, 2.45) is 0 Å². The van der Waals surface area contributed by atoms with Gasteiger partial charge >= 0.3 is 0 Å². The third-order valence-electron chi connectivity index (χ3n) is 5.92. The second-order valence-electron chi connectivity index (χ2n) is 7.89. The van der Waals surface area contributed by atoms with Crippen LogP contribution in [0.2, 0.25) is 0 Å². The number of hydrogen-bond acceptors (Lipinski definition) is 3.